The molecule has 2 rings (SSSR count). The monoisotopic (exact) mass is 98.1 g/mol. The SMILES string of the molecule is C1CNC2CN2C1. The van der Waals surface area contributed by atoms with E-state index in [1.807, 2.05) is 0 Å². The average molecular weight is 98.1 g/mol. The lowest BCUT2D eigenvalue weighted by Crippen LogP contribution is -2.29. The molecular formula is C5H10N2. The Morgan fingerprint density at radius 3 is 3.14 bits per heavy atom. The van der Waals surface area contributed by atoms with Crippen molar-refractivity contribution in [2.24, 2.45) is 0 Å². The lowest BCUT2D eigenvalue weighted by atomic mass is 10.4. The largest absolute Gasteiger partial charge is 0.301 e. The highest BCUT2D eigenvalue weighted by atomic mass is 15.4. The summed E-state index contributed by atoms with van der Waals surface area (Å²) in [5.74, 6) is 0. The van der Waals surface area contributed by atoms with Crippen LogP contribution in [0.1, 0.15) is 6.42 Å². The molecule has 0 aromatic heterocycles. The van der Waals surface area contributed by atoms with Gasteiger partial charge in [0.1, 0.15) is 0 Å². The predicted molar refractivity (Wildman–Crippen MR) is 28.0 cm³/mol. The van der Waals surface area contributed by atoms with Gasteiger partial charge in [0.05, 0.1) is 6.17 Å². The van der Waals surface area contributed by atoms with Gasteiger partial charge in [-0.1, -0.05) is 0 Å². The number of hydrogen-bond donors (Lipinski definition) is 1. The second kappa shape index (κ2) is 1.20. The third kappa shape index (κ3) is 0.545. The van der Waals surface area contributed by atoms with Crippen molar-refractivity contribution in [2.75, 3.05) is 19.6 Å². The summed E-state index contributed by atoms with van der Waals surface area (Å²) in [5.41, 5.74) is 0. The van der Waals surface area contributed by atoms with Gasteiger partial charge in [-0.15, -0.1) is 0 Å². The molecule has 0 bridgehead atoms. The predicted octanol–water partition coefficient (Wildman–Crippen LogP) is -0.379. The van der Waals surface area contributed by atoms with Crippen molar-refractivity contribution in [3.05, 3.63) is 0 Å². The van der Waals surface area contributed by atoms with E-state index in [4.69, 9.17) is 0 Å². The molecule has 40 valence electrons. The van der Waals surface area contributed by atoms with Crippen LogP contribution >= 0.6 is 0 Å². The molecule has 0 saturated carbocycles. The maximum Gasteiger partial charge on any atom is 0.0729 e. The van der Waals surface area contributed by atoms with Crippen molar-refractivity contribution in [3.63, 3.8) is 0 Å². The molecule has 0 aliphatic carbocycles. The number of nitrogens with zero attached hydrogens (tertiary/aromatic N) is 1. The van der Waals surface area contributed by atoms with Gasteiger partial charge in [-0.25, -0.2) is 0 Å². The molecule has 2 atom stereocenters. The first-order valence-corrected chi connectivity index (χ1v) is 2.94. The Labute approximate surface area is 43.5 Å². The fourth-order valence-corrected chi connectivity index (χ4v) is 1.17. The molecule has 0 aromatic rings. The van der Waals surface area contributed by atoms with Gasteiger partial charge in [0.2, 0.25) is 0 Å². The molecule has 0 radical (unpaired) electrons. The maximum atomic E-state index is 3.38. The van der Waals surface area contributed by atoms with Crippen LogP contribution in [0.5, 0.6) is 0 Å². The molecule has 2 saturated heterocycles. The molecule has 7 heavy (non-hydrogen) atoms. The van der Waals surface area contributed by atoms with E-state index in [0.717, 1.165) is 6.17 Å². The van der Waals surface area contributed by atoms with Gasteiger partial charge in [0, 0.05) is 13.1 Å². The normalized spacial score (nSPS) is 48.0. The zero-order chi connectivity index (χ0) is 4.69. The fraction of sp³-hybridized carbons (Fsp3) is 1.00. The van der Waals surface area contributed by atoms with Gasteiger partial charge < -0.3 is 5.32 Å². The first kappa shape index (κ1) is 3.87. The minimum atomic E-state index is 0.786. The van der Waals surface area contributed by atoms with Crippen molar-refractivity contribution >= 4 is 0 Å². The summed E-state index contributed by atoms with van der Waals surface area (Å²) in [6.45, 7) is 3.87. The average Bonchev–Trinajstić information content (AvgIpc) is 2.41. The van der Waals surface area contributed by atoms with Crippen LogP contribution in [0.4, 0.5) is 0 Å². The Balaban J connectivity index is 1.95. The second-order valence-corrected chi connectivity index (χ2v) is 2.32. The third-order valence-electron chi connectivity index (χ3n) is 1.72. The van der Waals surface area contributed by atoms with E-state index in [-0.39, 0.29) is 0 Å². The van der Waals surface area contributed by atoms with Crippen LogP contribution < -0.4 is 5.32 Å². The summed E-state index contributed by atoms with van der Waals surface area (Å²) in [6.07, 6.45) is 2.13. The van der Waals surface area contributed by atoms with E-state index in [2.05, 4.69) is 10.2 Å². The molecule has 2 heteroatoms. The highest BCUT2D eigenvalue weighted by Crippen LogP contribution is 2.16. The smallest absolute Gasteiger partial charge is 0.0729 e. The van der Waals surface area contributed by atoms with Gasteiger partial charge in [-0.05, 0) is 13.0 Å². The summed E-state index contributed by atoms with van der Waals surface area (Å²) in [7, 11) is 0. The van der Waals surface area contributed by atoms with Crippen molar-refractivity contribution < 1.29 is 0 Å². The topological polar surface area (TPSA) is 15.0 Å². The Bertz CT molecular complexity index is 72.1. The Morgan fingerprint density at radius 2 is 2.57 bits per heavy atom. The first-order chi connectivity index (χ1) is 3.47. The highest BCUT2D eigenvalue weighted by Gasteiger charge is 2.34. The van der Waals surface area contributed by atoms with Crippen molar-refractivity contribution in [3.8, 4) is 0 Å². The first-order valence-electron chi connectivity index (χ1n) is 2.94. The summed E-state index contributed by atoms with van der Waals surface area (Å²) in [5, 5.41) is 3.38. The minimum Gasteiger partial charge on any atom is -0.301 e. The summed E-state index contributed by atoms with van der Waals surface area (Å²) >= 11 is 0. The van der Waals surface area contributed by atoms with Crippen molar-refractivity contribution in [2.45, 2.75) is 12.6 Å². The van der Waals surface area contributed by atoms with Crippen LogP contribution in [-0.4, -0.2) is 30.7 Å². The molecule has 0 spiro atoms. The van der Waals surface area contributed by atoms with Crippen LogP contribution in [-0.2, 0) is 0 Å². The second-order valence-electron chi connectivity index (χ2n) is 2.32. The molecule has 2 fully saturated rings. The van der Waals surface area contributed by atoms with Crippen LogP contribution in [0.2, 0.25) is 0 Å². The van der Waals surface area contributed by atoms with Crippen LogP contribution in [0, 0.1) is 0 Å². The van der Waals surface area contributed by atoms with E-state index < -0.39 is 0 Å². The standard InChI is InChI=1S/C5H10N2/c1-2-6-5-4-7(5)3-1/h5-6H,1-4H2. The summed E-state index contributed by atoms with van der Waals surface area (Å²) in [6, 6.07) is 0. The molecule has 0 amide bonds. The van der Waals surface area contributed by atoms with Gasteiger partial charge >= 0.3 is 0 Å². The lowest BCUT2D eigenvalue weighted by molar-refractivity contribution is 0.394. The molecule has 2 aliphatic rings. The van der Waals surface area contributed by atoms with E-state index in [1.165, 1.54) is 26.1 Å². The van der Waals surface area contributed by atoms with E-state index in [0.29, 0.717) is 0 Å². The molecule has 2 aliphatic heterocycles. The molecule has 2 heterocycles. The number of nitrogens with one attached hydrogen (secondary N) is 1. The molecule has 0 aromatic carbocycles. The van der Waals surface area contributed by atoms with Gasteiger partial charge in [-0.3, -0.25) is 4.90 Å². The minimum absolute atomic E-state index is 0.786. The molecule has 2 unspecified atom stereocenters. The number of rotatable bonds is 0. The summed E-state index contributed by atoms with van der Waals surface area (Å²) in [4.78, 5) is 2.45. The van der Waals surface area contributed by atoms with E-state index in [9.17, 15) is 0 Å². The number of fused-ring (bicyclic) bond motifs is 1. The van der Waals surface area contributed by atoms with E-state index in [1.54, 1.807) is 0 Å². The Kier molecular flexibility index (Phi) is 0.664. The van der Waals surface area contributed by atoms with Crippen LogP contribution in [0.25, 0.3) is 0 Å². The molecule has 2 nitrogen and oxygen atoms in total. The van der Waals surface area contributed by atoms with Crippen molar-refractivity contribution in [1.82, 2.24) is 10.2 Å². The lowest BCUT2D eigenvalue weighted by Gasteiger charge is -2.10. The maximum absolute atomic E-state index is 3.38. The van der Waals surface area contributed by atoms with Crippen molar-refractivity contribution in [1.29, 1.82) is 0 Å². The van der Waals surface area contributed by atoms with Gasteiger partial charge in [0.25, 0.3) is 0 Å². The Hall–Kier alpha value is -0.0800. The quantitative estimate of drug-likeness (QED) is 0.415. The zero-order valence-corrected chi connectivity index (χ0v) is 4.35. The zero-order valence-electron chi connectivity index (χ0n) is 4.35. The molecule has 1 N–H and O–H groups in total. The van der Waals surface area contributed by atoms with E-state index >= 15 is 0 Å². The Morgan fingerprint density at radius 1 is 1.57 bits per heavy atom. The molecular weight excluding hydrogens is 88.1 g/mol. The summed E-state index contributed by atoms with van der Waals surface area (Å²) < 4.78 is 0. The van der Waals surface area contributed by atoms with Gasteiger partial charge in [-0.2, -0.15) is 0 Å². The fourth-order valence-electron chi connectivity index (χ4n) is 1.17. The highest BCUT2D eigenvalue weighted by molar-refractivity contribution is 4.89. The third-order valence-corrected chi connectivity index (χ3v) is 1.72. The number of hydrogen-bond acceptors (Lipinski definition) is 2. The van der Waals surface area contributed by atoms with Gasteiger partial charge in [0.15, 0.2) is 0 Å². The van der Waals surface area contributed by atoms with Crippen LogP contribution in [0.3, 0.4) is 0 Å². The van der Waals surface area contributed by atoms with Crippen LogP contribution in [0.15, 0.2) is 0 Å².